The minimum absolute atomic E-state index is 0.252. The summed E-state index contributed by atoms with van der Waals surface area (Å²) in [6.07, 6.45) is 0.584. The molecule has 0 fully saturated rings. The van der Waals surface area contributed by atoms with Crippen molar-refractivity contribution in [2.45, 2.75) is 12.3 Å². The molecule has 0 saturated carbocycles. The van der Waals surface area contributed by atoms with Crippen molar-refractivity contribution >= 4 is 23.2 Å². The van der Waals surface area contributed by atoms with Gasteiger partial charge in [0, 0.05) is 5.02 Å². The first kappa shape index (κ1) is 14.7. The summed E-state index contributed by atoms with van der Waals surface area (Å²) in [5, 5.41) is 10.5. The van der Waals surface area contributed by atoms with Crippen molar-refractivity contribution in [1.29, 1.82) is 5.26 Å². The maximum Gasteiger partial charge on any atom is 0.137 e. The lowest BCUT2D eigenvalue weighted by atomic mass is 9.93. The third kappa shape index (κ3) is 3.45. The average Bonchev–Trinajstić information content (AvgIpc) is 2.45. The first-order valence-electron chi connectivity index (χ1n) is 6.11. The summed E-state index contributed by atoms with van der Waals surface area (Å²) < 4.78 is 5.12. The van der Waals surface area contributed by atoms with Gasteiger partial charge < -0.3 is 4.74 Å². The summed E-state index contributed by atoms with van der Waals surface area (Å²) >= 11 is 12.1. The molecule has 0 spiro atoms. The smallest absolute Gasteiger partial charge is 0.137 e. The molecule has 0 aromatic heterocycles. The lowest BCUT2D eigenvalue weighted by Gasteiger charge is -2.11. The Hall–Kier alpha value is -1.69. The monoisotopic (exact) mass is 305 g/mol. The van der Waals surface area contributed by atoms with Crippen molar-refractivity contribution in [3.05, 3.63) is 63.6 Å². The zero-order valence-electron chi connectivity index (χ0n) is 10.9. The number of nitriles is 1. The zero-order valence-corrected chi connectivity index (χ0v) is 12.4. The maximum atomic E-state index is 9.35. The van der Waals surface area contributed by atoms with Crippen molar-refractivity contribution in [3.63, 3.8) is 0 Å². The molecular formula is C16H13Cl2NO. The van der Waals surface area contributed by atoms with Crippen LogP contribution in [0.1, 0.15) is 17.0 Å². The van der Waals surface area contributed by atoms with Crippen LogP contribution < -0.4 is 4.74 Å². The molecule has 2 aromatic carbocycles. The molecule has 0 aliphatic heterocycles. The van der Waals surface area contributed by atoms with Crippen LogP contribution in [0.25, 0.3) is 0 Å². The molecule has 2 aromatic rings. The second-order valence-electron chi connectivity index (χ2n) is 4.41. The van der Waals surface area contributed by atoms with Crippen LogP contribution in [-0.4, -0.2) is 7.11 Å². The Labute approximate surface area is 128 Å². The third-order valence-electron chi connectivity index (χ3n) is 3.06. The van der Waals surface area contributed by atoms with Gasteiger partial charge in [0.05, 0.1) is 24.1 Å². The van der Waals surface area contributed by atoms with Crippen molar-refractivity contribution in [3.8, 4) is 11.8 Å². The van der Waals surface area contributed by atoms with Crippen molar-refractivity contribution in [2.75, 3.05) is 7.11 Å². The second kappa shape index (κ2) is 6.65. The standard InChI is InChI=1S/C16H13Cl2NO/c1-20-16-6-5-11(8-15(16)18)7-13(10-19)12-3-2-4-14(17)9-12/h2-6,8-9,13H,7H2,1H3. The van der Waals surface area contributed by atoms with Gasteiger partial charge in [-0.2, -0.15) is 5.26 Å². The largest absolute Gasteiger partial charge is 0.495 e. The molecule has 102 valence electrons. The van der Waals surface area contributed by atoms with Gasteiger partial charge in [0.2, 0.25) is 0 Å². The van der Waals surface area contributed by atoms with Crippen LogP contribution in [-0.2, 0) is 6.42 Å². The number of hydrogen-bond donors (Lipinski definition) is 0. The fraction of sp³-hybridized carbons (Fsp3) is 0.188. The number of ether oxygens (including phenoxy) is 1. The number of benzene rings is 2. The second-order valence-corrected chi connectivity index (χ2v) is 5.25. The van der Waals surface area contributed by atoms with E-state index in [1.54, 1.807) is 13.2 Å². The van der Waals surface area contributed by atoms with Crippen LogP contribution >= 0.6 is 23.2 Å². The molecule has 0 saturated heterocycles. The summed E-state index contributed by atoms with van der Waals surface area (Å²) in [5.74, 6) is 0.379. The highest BCUT2D eigenvalue weighted by Gasteiger charge is 2.13. The quantitative estimate of drug-likeness (QED) is 0.808. The summed E-state index contributed by atoms with van der Waals surface area (Å²) in [7, 11) is 1.57. The van der Waals surface area contributed by atoms with Crippen molar-refractivity contribution in [1.82, 2.24) is 0 Å². The Morgan fingerprint density at radius 1 is 1.20 bits per heavy atom. The summed E-state index contributed by atoms with van der Waals surface area (Å²) in [6.45, 7) is 0. The fourth-order valence-electron chi connectivity index (χ4n) is 2.03. The lowest BCUT2D eigenvalue weighted by molar-refractivity contribution is 0.415. The van der Waals surface area contributed by atoms with E-state index in [1.807, 2.05) is 36.4 Å². The summed E-state index contributed by atoms with van der Waals surface area (Å²) in [4.78, 5) is 0. The molecule has 4 heteroatoms. The Bertz CT molecular complexity index is 649. The van der Waals surface area contributed by atoms with E-state index >= 15 is 0 Å². The van der Waals surface area contributed by atoms with Crippen molar-refractivity contribution in [2.24, 2.45) is 0 Å². The molecule has 1 atom stereocenters. The molecule has 0 bridgehead atoms. The molecule has 0 heterocycles. The molecular weight excluding hydrogens is 293 g/mol. The Morgan fingerprint density at radius 3 is 2.60 bits per heavy atom. The normalized spacial score (nSPS) is 11.7. The summed E-state index contributed by atoms with van der Waals surface area (Å²) in [6, 6.07) is 15.2. The molecule has 0 aliphatic rings. The highest BCUT2D eigenvalue weighted by atomic mass is 35.5. The van der Waals surface area contributed by atoms with Crippen LogP contribution in [0, 0.1) is 11.3 Å². The summed E-state index contributed by atoms with van der Waals surface area (Å²) in [5.41, 5.74) is 1.90. The SMILES string of the molecule is COc1ccc(CC(C#N)c2cccc(Cl)c2)cc1Cl. The van der Waals surface area contributed by atoms with E-state index in [0.29, 0.717) is 22.2 Å². The highest BCUT2D eigenvalue weighted by molar-refractivity contribution is 6.32. The molecule has 2 nitrogen and oxygen atoms in total. The van der Waals surface area contributed by atoms with Gasteiger partial charge in [-0.15, -0.1) is 0 Å². The maximum absolute atomic E-state index is 9.35. The van der Waals surface area contributed by atoms with E-state index in [9.17, 15) is 5.26 Å². The van der Waals surface area contributed by atoms with Gasteiger partial charge in [0.15, 0.2) is 0 Å². The predicted octanol–water partition coefficient (Wildman–Crippen LogP) is 4.85. The molecule has 0 aliphatic carbocycles. The van der Waals surface area contributed by atoms with Gasteiger partial charge in [-0.3, -0.25) is 0 Å². The third-order valence-corrected chi connectivity index (χ3v) is 3.59. The molecule has 0 N–H and O–H groups in total. The molecule has 0 radical (unpaired) electrons. The Kier molecular flexibility index (Phi) is 4.89. The zero-order chi connectivity index (χ0) is 14.5. The van der Waals surface area contributed by atoms with Crippen LogP contribution in [0.2, 0.25) is 10.0 Å². The van der Waals surface area contributed by atoms with E-state index in [0.717, 1.165) is 11.1 Å². The van der Waals surface area contributed by atoms with E-state index in [-0.39, 0.29) is 5.92 Å². The number of rotatable bonds is 4. The first-order chi connectivity index (χ1) is 9.63. The Balaban J connectivity index is 2.23. The van der Waals surface area contributed by atoms with Crippen LogP contribution in [0.4, 0.5) is 0 Å². The van der Waals surface area contributed by atoms with Gasteiger partial charge in [-0.25, -0.2) is 0 Å². The van der Waals surface area contributed by atoms with Gasteiger partial charge in [-0.05, 0) is 41.8 Å². The van der Waals surface area contributed by atoms with Gasteiger partial charge in [0.1, 0.15) is 5.75 Å². The molecule has 1 unspecified atom stereocenters. The number of nitrogens with zero attached hydrogens (tertiary/aromatic N) is 1. The highest BCUT2D eigenvalue weighted by Crippen LogP contribution is 2.28. The molecule has 0 amide bonds. The van der Waals surface area contributed by atoms with Crippen LogP contribution in [0.5, 0.6) is 5.75 Å². The minimum atomic E-state index is -0.252. The average molecular weight is 306 g/mol. The van der Waals surface area contributed by atoms with Gasteiger partial charge in [0.25, 0.3) is 0 Å². The molecule has 2 rings (SSSR count). The van der Waals surface area contributed by atoms with Gasteiger partial charge >= 0.3 is 0 Å². The lowest BCUT2D eigenvalue weighted by Crippen LogP contribution is -2.00. The molecule has 20 heavy (non-hydrogen) atoms. The van der Waals surface area contributed by atoms with Crippen LogP contribution in [0.3, 0.4) is 0 Å². The minimum Gasteiger partial charge on any atom is -0.495 e. The van der Waals surface area contributed by atoms with Crippen LogP contribution in [0.15, 0.2) is 42.5 Å². The van der Waals surface area contributed by atoms with E-state index in [1.165, 1.54) is 0 Å². The predicted molar refractivity (Wildman–Crippen MR) is 81.5 cm³/mol. The number of methoxy groups -OCH3 is 1. The van der Waals surface area contributed by atoms with E-state index < -0.39 is 0 Å². The number of hydrogen-bond acceptors (Lipinski definition) is 2. The Morgan fingerprint density at radius 2 is 2.00 bits per heavy atom. The fourth-order valence-corrected chi connectivity index (χ4v) is 2.51. The van der Waals surface area contributed by atoms with Crippen molar-refractivity contribution < 1.29 is 4.74 Å². The first-order valence-corrected chi connectivity index (χ1v) is 6.87. The van der Waals surface area contributed by atoms with E-state index in [2.05, 4.69) is 6.07 Å². The van der Waals surface area contributed by atoms with E-state index in [4.69, 9.17) is 27.9 Å². The number of halogens is 2. The van der Waals surface area contributed by atoms with Gasteiger partial charge in [-0.1, -0.05) is 41.4 Å². The topological polar surface area (TPSA) is 33.0 Å².